The number of likely N-dealkylation sites (tertiary alicyclic amines) is 1. The Morgan fingerprint density at radius 3 is 2.50 bits per heavy atom. The fraction of sp³-hybridized carbons (Fsp3) is 0.423. The van der Waals surface area contributed by atoms with Crippen LogP contribution in [-0.4, -0.2) is 59.5 Å². The number of nitrogens with zero attached hydrogens (tertiary/aromatic N) is 3. The zero-order valence-electron chi connectivity index (χ0n) is 18.6. The Morgan fingerprint density at radius 1 is 1.12 bits per heavy atom. The third kappa shape index (κ3) is 3.78. The van der Waals surface area contributed by atoms with Crippen molar-refractivity contribution in [2.24, 2.45) is 5.92 Å². The zero-order valence-corrected chi connectivity index (χ0v) is 18.6. The molecule has 4 rings (SSSR count). The van der Waals surface area contributed by atoms with Crippen LogP contribution in [0.4, 0.5) is 0 Å². The fourth-order valence-corrected chi connectivity index (χ4v) is 5.20. The van der Waals surface area contributed by atoms with E-state index in [4.69, 9.17) is 0 Å². The van der Waals surface area contributed by atoms with Gasteiger partial charge >= 0.3 is 0 Å². The molecule has 2 amide bonds. The second-order valence-electron chi connectivity index (χ2n) is 8.94. The van der Waals surface area contributed by atoms with Gasteiger partial charge in [0.15, 0.2) is 0 Å². The molecular weight excluding hydrogens is 402 g/mol. The highest BCUT2D eigenvalue weighted by Gasteiger charge is 2.53. The number of carbonyl (C=O) groups is 2. The summed E-state index contributed by atoms with van der Waals surface area (Å²) in [6.45, 7) is -0.186. The Kier molecular flexibility index (Phi) is 6.29. The second kappa shape index (κ2) is 9.13. The standard InChI is InChI=1S/C26H29N3O3/c1-28(2)25(31)19-11-7-10-18(14-19)20-12-5-6-13-21(20)24-22(15-27)29(23(24)16-30)26(32)17-8-3-4-9-17/h5-7,10-14,17,22-24,30H,3-4,8-9,16H2,1-2H3/t22-,23-,24+/m1/s1. The van der Waals surface area contributed by atoms with Crippen molar-refractivity contribution >= 4 is 11.8 Å². The monoisotopic (exact) mass is 431 g/mol. The molecule has 1 aliphatic carbocycles. The first kappa shape index (κ1) is 22.0. The molecule has 0 unspecified atom stereocenters. The van der Waals surface area contributed by atoms with Gasteiger partial charge in [-0.1, -0.05) is 49.2 Å². The van der Waals surface area contributed by atoms with Crippen LogP contribution in [0.1, 0.15) is 47.5 Å². The minimum absolute atomic E-state index is 0.000378. The molecule has 1 saturated carbocycles. The van der Waals surface area contributed by atoms with Gasteiger partial charge in [-0.2, -0.15) is 5.26 Å². The lowest BCUT2D eigenvalue weighted by Crippen LogP contribution is -2.66. The Labute approximate surface area is 189 Å². The smallest absolute Gasteiger partial charge is 0.253 e. The lowest BCUT2D eigenvalue weighted by molar-refractivity contribution is -0.151. The van der Waals surface area contributed by atoms with Crippen LogP contribution in [0.25, 0.3) is 11.1 Å². The van der Waals surface area contributed by atoms with Crippen molar-refractivity contribution in [2.75, 3.05) is 20.7 Å². The molecule has 0 spiro atoms. The molecular formula is C26H29N3O3. The summed E-state index contributed by atoms with van der Waals surface area (Å²) in [5.74, 6) is -0.394. The van der Waals surface area contributed by atoms with Crippen molar-refractivity contribution in [2.45, 2.75) is 43.7 Å². The Balaban J connectivity index is 1.69. The van der Waals surface area contributed by atoms with Gasteiger partial charge in [0, 0.05) is 31.5 Å². The van der Waals surface area contributed by atoms with E-state index in [1.165, 1.54) is 4.90 Å². The number of rotatable bonds is 5. The molecule has 1 saturated heterocycles. The first-order valence-electron chi connectivity index (χ1n) is 11.2. The van der Waals surface area contributed by atoms with Crippen LogP contribution in [0, 0.1) is 17.2 Å². The summed E-state index contributed by atoms with van der Waals surface area (Å²) >= 11 is 0. The highest BCUT2D eigenvalue weighted by atomic mass is 16.3. The van der Waals surface area contributed by atoms with Crippen molar-refractivity contribution < 1.29 is 14.7 Å². The number of aliphatic hydroxyl groups excluding tert-OH is 1. The summed E-state index contributed by atoms with van der Waals surface area (Å²) in [5.41, 5.74) is 3.30. The number of aliphatic hydroxyl groups is 1. The van der Waals surface area contributed by atoms with Crippen LogP contribution in [0.3, 0.4) is 0 Å². The molecule has 32 heavy (non-hydrogen) atoms. The van der Waals surface area contributed by atoms with Crippen molar-refractivity contribution in [3.63, 3.8) is 0 Å². The number of carbonyl (C=O) groups excluding carboxylic acids is 2. The molecule has 0 bridgehead atoms. The molecule has 6 heteroatoms. The fourth-order valence-electron chi connectivity index (χ4n) is 5.20. The van der Waals surface area contributed by atoms with Crippen LogP contribution >= 0.6 is 0 Å². The van der Waals surface area contributed by atoms with E-state index >= 15 is 0 Å². The molecule has 166 valence electrons. The molecule has 1 N–H and O–H groups in total. The number of nitriles is 1. The Hall–Kier alpha value is -3.17. The molecule has 6 nitrogen and oxygen atoms in total. The SMILES string of the molecule is CN(C)C(=O)c1cccc(-c2ccccc2[C@H]2[C@@H](C#N)N(C(=O)C3CCCC3)[C@@H]2CO)c1. The van der Waals surface area contributed by atoms with E-state index < -0.39 is 12.1 Å². The summed E-state index contributed by atoms with van der Waals surface area (Å²) < 4.78 is 0. The van der Waals surface area contributed by atoms with Gasteiger partial charge in [0.1, 0.15) is 6.04 Å². The van der Waals surface area contributed by atoms with Crippen LogP contribution in [0.5, 0.6) is 0 Å². The van der Waals surface area contributed by atoms with Gasteiger partial charge < -0.3 is 14.9 Å². The van der Waals surface area contributed by atoms with E-state index in [9.17, 15) is 20.0 Å². The van der Waals surface area contributed by atoms with Crippen LogP contribution in [0.15, 0.2) is 48.5 Å². The average Bonchev–Trinajstić information content (AvgIpc) is 3.34. The average molecular weight is 432 g/mol. The van der Waals surface area contributed by atoms with Crippen LogP contribution < -0.4 is 0 Å². The Morgan fingerprint density at radius 2 is 1.84 bits per heavy atom. The molecule has 2 aromatic rings. The van der Waals surface area contributed by atoms with Gasteiger partial charge in [-0.25, -0.2) is 0 Å². The molecule has 1 aliphatic heterocycles. The molecule has 0 aromatic heterocycles. The zero-order chi connectivity index (χ0) is 22.8. The van der Waals surface area contributed by atoms with Crippen molar-refractivity contribution in [1.29, 1.82) is 5.26 Å². The first-order valence-corrected chi connectivity index (χ1v) is 11.2. The van der Waals surface area contributed by atoms with Crippen LogP contribution in [0.2, 0.25) is 0 Å². The third-order valence-corrected chi connectivity index (χ3v) is 6.84. The molecule has 2 aromatic carbocycles. The second-order valence-corrected chi connectivity index (χ2v) is 8.94. The van der Waals surface area contributed by atoms with E-state index in [2.05, 4.69) is 6.07 Å². The Bertz CT molecular complexity index is 1050. The van der Waals surface area contributed by atoms with E-state index in [0.717, 1.165) is 42.4 Å². The lowest BCUT2D eigenvalue weighted by atomic mass is 9.72. The van der Waals surface area contributed by atoms with Gasteiger partial charge in [0.25, 0.3) is 5.91 Å². The molecule has 0 radical (unpaired) electrons. The summed E-state index contributed by atoms with van der Waals surface area (Å²) in [6.07, 6.45) is 3.80. The van der Waals surface area contributed by atoms with Gasteiger partial charge in [0.2, 0.25) is 5.91 Å². The maximum Gasteiger partial charge on any atom is 0.253 e. The summed E-state index contributed by atoms with van der Waals surface area (Å²) in [5, 5.41) is 20.1. The number of amides is 2. The summed E-state index contributed by atoms with van der Waals surface area (Å²) in [6, 6.07) is 16.5. The van der Waals surface area contributed by atoms with Crippen LogP contribution in [-0.2, 0) is 4.79 Å². The highest BCUT2D eigenvalue weighted by molar-refractivity contribution is 5.95. The van der Waals surface area contributed by atoms with Crippen molar-refractivity contribution in [3.8, 4) is 17.2 Å². The number of hydrogen-bond donors (Lipinski definition) is 1. The maximum absolute atomic E-state index is 13.1. The summed E-state index contributed by atoms with van der Waals surface area (Å²) in [7, 11) is 3.44. The molecule has 2 fully saturated rings. The minimum Gasteiger partial charge on any atom is -0.394 e. The number of hydrogen-bond acceptors (Lipinski definition) is 4. The number of benzene rings is 2. The van der Waals surface area contributed by atoms with Crippen molar-refractivity contribution in [3.05, 3.63) is 59.7 Å². The minimum atomic E-state index is -0.604. The van der Waals surface area contributed by atoms with Crippen molar-refractivity contribution in [1.82, 2.24) is 9.80 Å². The van der Waals surface area contributed by atoms with E-state index in [0.29, 0.717) is 5.56 Å². The predicted octanol–water partition coefficient (Wildman–Crippen LogP) is 3.42. The maximum atomic E-state index is 13.1. The molecule has 1 heterocycles. The van der Waals surface area contributed by atoms with Gasteiger partial charge in [-0.05, 0) is 41.7 Å². The highest BCUT2D eigenvalue weighted by Crippen LogP contribution is 2.45. The lowest BCUT2D eigenvalue weighted by Gasteiger charge is -2.52. The van der Waals surface area contributed by atoms with E-state index in [1.54, 1.807) is 25.1 Å². The predicted molar refractivity (Wildman–Crippen MR) is 122 cm³/mol. The molecule has 3 atom stereocenters. The largest absolute Gasteiger partial charge is 0.394 e. The first-order chi connectivity index (χ1) is 15.5. The molecule has 2 aliphatic rings. The third-order valence-electron chi connectivity index (χ3n) is 6.84. The quantitative estimate of drug-likeness (QED) is 0.786. The van der Waals surface area contributed by atoms with E-state index in [-0.39, 0.29) is 30.3 Å². The van der Waals surface area contributed by atoms with Gasteiger partial charge in [-0.3, -0.25) is 9.59 Å². The summed E-state index contributed by atoms with van der Waals surface area (Å²) in [4.78, 5) is 28.7. The topological polar surface area (TPSA) is 84.6 Å². The normalized spacial score (nSPS) is 22.8. The van der Waals surface area contributed by atoms with Gasteiger partial charge in [-0.15, -0.1) is 0 Å². The van der Waals surface area contributed by atoms with Gasteiger partial charge in [0.05, 0.1) is 18.7 Å². The van der Waals surface area contributed by atoms with E-state index in [1.807, 2.05) is 42.5 Å².